The zero-order valence-corrected chi connectivity index (χ0v) is 22.9. The van der Waals surface area contributed by atoms with Crippen molar-refractivity contribution in [3.05, 3.63) is 74.3 Å². The number of carbonyl (C=O) groups is 2. The topological polar surface area (TPSA) is 99.5 Å². The molecule has 2 saturated carbocycles. The van der Waals surface area contributed by atoms with Crippen molar-refractivity contribution < 1.29 is 19.1 Å². The van der Waals surface area contributed by atoms with Gasteiger partial charge < -0.3 is 14.8 Å². The fourth-order valence-electron chi connectivity index (χ4n) is 4.71. The molecule has 1 heterocycles. The van der Waals surface area contributed by atoms with Gasteiger partial charge in [0.05, 0.1) is 32.6 Å². The second-order valence-corrected chi connectivity index (χ2v) is 11.7. The lowest BCUT2D eigenvalue weighted by Gasteiger charge is -2.38. The summed E-state index contributed by atoms with van der Waals surface area (Å²) in [7, 11) is 0. The Labute approximate surface area is 230 Å². The molecule has 8 nitrogen and oxygen atoms in total. The van der Waals surface area contributed by atoms with E-state index in [0.717, 1.165) is 12.8 Å². The number of hydrogen-bond donors (Lipinski definition) is 1. The van der Waals surface area contributed by atoms with Crippen LogP contribution in [-0.2, 0) is 9.47 Å². The molecule has 5 rings (SSSR count). The van der Waals surface area contributed by atoms with Gasteiger partial charge in [-0.2, -0.15) is 0 Å². The third-order valence-electron chi connectivity index (χ3n) is 6.75. The average molecular weight is 558 g/mol. The summed E-state index contributed by atoms with van der Waals surface area (Å²) in [6, 6.07) is 11.1. The molecule has 2 aliphatic carbocycles. The minimum Gasteiger partial charge on any atom is -0.459 e. The summed E-state index contributed by atoms with van der Waals surface area (Å²) in [5.74, 6) is 0.0938. The van der Waals surface area contributed by atoms with Gasteiger partial charge in [0, 0.05) is 18.9 Å². The highest BCUT2D eigenvalue weighted by atomic mass is 35.5. The number of nitrogens with one attached hydrogen (secondary N) is 1. The van der Waals surface area contributed by atoms with Crippen molar-refractivity contribution in [2.45, 2.75) is 70.2 Å². The van der Waals surface area contributed by atoms with Crippen LogP contribution in [0, 0.1) is 5.92 Å². The maximum atomic E-state index is 13.9. The molecule has 200 valence electrons. The van der Waals surface area contributed by atoms with Crippen molar-refractivity contribution in [1.82, 2.24) is 14.9 Å². The van der Waals surface area contributed by atoms with Crippen LogP contribution >= 0.6 is 23.2 Å². The lowest BCUT2D eigenvalue weighted by molar-refractivity contribution is -0.00956. The fourth-order valence-corrected chi connectivity index (χ4v) is 5.15. The zero-order valence-electron chi connectivity index (χ0n) is 21.4. The number of fused-ring (bicyclic) bond motifs is 1. The first-order valence-electron chi connectivity index (χ1n) is 12.7. The molecule has 2 aliphatic rings. The summed E-state index contributed by atoms with van der Waals surface area (Å²) in [6.45, 7) is 5.36. The number of rotatable bonds is 6. The largest absolute Gasteiger partial charge is 0.459 e. The Hall–Kier alpha value is -3.10. The van der Waals surface area contributed by atoms with Crippen molar-refractivity contribution in [1.29, 1.82) is 0 Å². The first-order chi connectivity index (χ1) is 18.0. The van der Waals surface area contributed by atoms with Gasteiger partial charge in [-0.25, -0.2) is 14.6 Å². The SMILES string of the molecule is CC(C)(C)OC(=O)N[C@H](c1nc2c(Cl)ccc(Cl)c2c(=O)n1C1CC(OC(=O)c2ccccc2)C1)C1CC1. The number of aromatic nitrogens is 2. The lowest BCUT2D eigenvalue weighted by Crippen LogP contribution is -2.44. The van der Waals surface area contributed by atoms with E-state index in [-0.39, 0.29) is 34.0 Å². The standard InChI is InChI=1S/C28H29Cl2N3O5/c1-28(2,3)38-27(36)32-22(15-9-10-15)24-31-23-20(30)12-11-19(29)21(23)25(34)33(24)17-13-18(14-17)37-26(35)16-7-5-4-6-8-16/h4-8,11-12,15,17-18,22H,9-10,13-14H2,1-3H3,(H,32,36)/t17?,18?,22-/m0/s1. The van der Waals surface area contributed by atoms with Crippen LogP contribution < -0.4 is 10.9 Å². The minimum atomic E-state index is -0.685. The lowest BCUT2D eigenvalue weighted by atomic mass is 9.88. The second kappa shape index (κ2) is 10.2. The minimum absolute atomic E-state index is 0.0999. The molecule has 3 aromatic rings. The van der Waals surface area contributed by atoms with Gasteiger partial charge in [-0.1, -0.05) is 41.4 Å². The van der Waals surface area contributed by atoms with Crippen molar-refractivity contribution >= 4 is 46.2 Å². The van der Waals surface area contributed by atoms with E-state index in [1.165, 1.54) is 0 Å². The molecular formula is C28H29Cl2N3O5. The Kier molecular flexibility index (Phi) is 7.13. The summed E-state index contributed by atoms with van der Waals surface area (Å²) in [6.07, 6.45) is 1.67. The number of amides is 1. The number of halogens is 2. The van der Waals surface area contributed by atoms with Gasteiger partial charge in [0.15, 0.2) is 0 Å². The first kappa shape index (κ1) is 26.5. The third kappa shape index (κ3) is 5.52. The van der Waals surface area contributed by atoms with Crippen LogP contribution in [0.25, 0.3) is 10.9 Å². The maximum Gasteiger partial charge on any atom is 0.408 e. The van der Waals surface area contributed by atoms with Gasteiger partial charge in [0.1, 0.15) is 17.5 Å². The summed E-state index contributed by atoms with van der Waals surface area (Å²) in [5.41, 5.74) is -0.265. The molecular weight excluding hydrogens is 529 g/mol. The molecule has 10 heteroatoms. The highest BCUT2D eigenvalue weighted by Gasteiger charge is 2.42. The smallest absolute Gasteiger partial charge is 0.408 e. The molecule has 0 radical (unpaired) electrons. The van der Waals surface area contributed by atoms with E-state index in [1.54, 1.807) is 61.7 Å². The van der Waals surface area contributed by atoms with Gasteiger partial charge in [0.2, 0.25) is 0 Å². The van der Waals surface area contributed by atoms with Crippen molar-refractivity contribution in [2.24, 2.45) is 5.92 Å². The number of ether oxygens (including phenoxy) is 2. The molecule has 0 saturated heterocycles. The summed E-state index contributed by atoms with van der Waals surface area (Å²) in [5, 5.41) is 3.71. The van der Waals surface area contributed by atoms with Crippen LogP contribution in [-0.4, -0.2) is 33.3 Å². The van der Waals surface area contributed by atoms with E-state index in [2.05, 4.69) is 5.32 Å². The molecule has 0 bridgehead atoms. The molecule has 1 amide bonds. The predicted octanol–water partition coefficient (Wildman–Crippen LogP) is 6.24. The molecule has 0 aliphatic heterocycles. The van der Waals surface area contributed by atoms with Gasteiger partial charge in [0.25, 0.3) is 5.56 Å². The van der Waals surface area contributed by atoms with E-state index in [0.29, 0.717) is 34.8 Å². The highest BCUT2D eigenvalue weighted by Crippen LogP contribution is 2.44. The van der Waals surface area contributed by atoms with Crippen LogP contribution in [0.4, 0.5) is 4.79 Å². The average Bonchev–Trinajstić information content (AvgIpc) is 3.67. The van der Waals surface area contributed by atoms with Crippen LogP contribution in [0.1, 0.15) is 74.7 Å². The molecule has 2 fully saturated rings. The van der Waals surface area contributed by atoms with Crippen LogP contribution in [0.2, 0.25) is 10.0 Å². The van der Waals surface area contributed by atoms with E-state index >= 15 is 0 Å². The van der Waals surface area contributed by atoms with Crippen LogP contribution in [0.15, 0.2) is 47.3 Å². The Balaban J connectivity index is 1.49. The molecule has 1 aromatic heterocycles. The number of nitrogens with zero attached hydrogens (tertiary/aromatic N) is 2. The monoisotopic (exact) mass is 557 g/mol. The van der Waals surface area contributed by atoms with Crippen molar-refractivity contribution in [3.63, 3.8) is 0 Å². The fraction of sp³-hybridized carbons (Fsp3) is 0.429. The number of esters is 1. The Morgan fingerprint density at radius 2 is 1.71 bits per heavy atom. The van der Waals surface area contributed by atoms with E-state index in [4.69, 9.17) is 37.7 Å². The van der Waals surface area contributed by atoms with Crippen LogP contribution in [0.3, 0.4) is 0 Å². The Morgan fingerprint density at radius 3 is 2.34 bits per heavy atom. The summed E-state index contributed by atoms with van der Waals surface area (Å²) < 4.78 is 12.8. The summed E-state index contributed by atoms with van der Waals surface area (Å²) >= 11 is 12.9. The number of carbonyl (C=O) groups excluding carboxylic acids is 2. The van der Waals surface area contributed by atoms with Gasteiger partial charge in [-0.3, -0.25) is 9.36 Å². The molecule has 1 N–H and O–H groups in total. The first-order valence-corrected chi connectivity index (χ1v) is 13.4. The van der Waals surface area contributed by atoms with E-state index in [1.807, 2.05) is 6.07 Å². The molecule has 2 aromatic carbocycles. The van der Waals surface area contributed by atoms with Gasteiger partial charge >= 0.3 is 12.1 Å². The van der Waals surface area contributed by atoms with Gasteiger partial charge in [-0.15, -0.1) is 0 Å². The number of hydrogen-bond acceptors (Lipinski definition) is 6. The Bertz CT molecular complexity index is 1440. The van der Waals surface area contributed by atoms with E-state index in [9.17, 15) is 14.4 Å². The maximum absolute atomic E-state index is 13.9. The normalized spacial score (nSPS) is 19.9. The van der Waals surface area contributed by atoms with Gasteiger partial charge in [-0.05, 0) is 63.8 Å². The molecule has 0 unspecified atom stereocenters. The zero-order chi connectivity index (χ0) is 27.2. The van der Waals surface area contributed by atoms with Crippen molar-refractivity contribution in [2.75, 3.05) is 0 Å². The predicted molar refractivity (Wildman–Crippen MR) is 145 cm³/mol. The molecule has 38 heavy (non-hydrogen) atoms. The molecule has 1 atom stereocenters. The Morgan fingerprint density at radius 1 is 1.05 bits per heavy atom. The third-order valence-corrected chi connectivity index (χ3v) is 7.37. The quantitative estimate of drug-likeness (QED) is 0.360. The summed E-state index contributed by atoms with van der Waals surface area (Å²) in [4.78, 5) is 44.0. The number of alkyl carbamates (subject to hydrolysis) is 1. The second-order valence-electron chi connectivity index (χ2n) is 10.9. The molecule has 0 spiro atoms. The van der Waals surface area contributed by atoms with E-state index < -0.39 is 23.7 Å². The highest BCUT2D eigenvalue weighted by molar-refractivity contribution is 6.39. The van der Waals surface area contributed by atoms with Crippen molar-refractivity contribution in [3.8, 4) is 0 Å². The number of benzene rings is 2. The van der Waals surface area contributed by atoms with Crippen LogP contribution in [0.5, 0.6) is 0 Å².